The van der Waals surface area contributed by atoms with Gasteiger partial charge in [-0.15, -0.1) is 0 Å². The summed E-state index contributed by atoms with van der Waals surface area (Å²) in [4.78, 5) is 11.9. The topological polar surface area (TPSA) is 38.3 Å². The maximum absolute atomic E-state index is 11.9. The number of hydrogen-bond donors (Lipinski definition) is 1. The first-order valence-corrected chi connectivity index (χ1v) is 5.50. The first-order valence-electron chi connectivity index (χ1n) is 5.50. The van der Waals surface area contributed by atoms with Crippen LogP contribution < -0.4 is 5.32 Å². The molecule has 1 aromatic carbocycles. The molecule has 0 aliphatic carbocycles. The molecular weight excluding hydrogens is 202 g/mol. The van der Waals surface area contributed by atoms with Gasteiger partial charge in [0.2, 0.25) is 0 Å². The number of nitrogens with one attached hydrogen (secondary N) is 1. The zero-order chi connectivity index (χ0) is 12.0. The van der Waals surface area contributed by atoms with E-state index in [9.17, 15) is 4.79 Å². The molecule has 0 saturated heterocycles. The largest absolute Gasteiger partial charge is 0.383 e. The van der Waals surface area contributed by atoms with Gasteiger partial charge in [0.1, 0.15) is 0 Å². The average Bonchev–Trinajstić information content (AvgIpc) is 2.29. The number of carbonyl (C=O) groups is 1. The minimum absolute atomic E-state index is 0.0450. The summed E-state index contributed by atoms with van der Waals surface area (Å²) in [6, 6.07) is 9.27. The highest BCUT2D eigenvalue weighted by Gasteiger charge is 2.16. The molecule has 16 heavy (non-hydrogen) atoms. The SMILES string of the molecule is COCC(NC(=O)c1ccccc1)C(C)C. The third-order valence-electron chi connectivity index (χ3n) is 2.50. The highest BCUT2D eigenvalue weighted by atomic mass is 16.5. The Labute approximate surface area is 96.8 Å². The van der Waals surface area contributed by atoms with Gasteiger partial charge in [0.05, 0.1) is 12.6 Å². The lowest BCUT2D eigenvalue weighted by molar-refractivity contribution is 0.0866. The fraction of sp³-hybridized carbons (Fsp3) is 0.462. The van der Waals surface area contributed by atoms with E-state index < -0.39 is 0 Å². The fourth-order valence-electron chi connectivity index (χ4n) is 1.42. The van der Waals surface area contributed by atoms with Gasteiger partial charge in [-0.3, -0.25) is 4.79 Å². The Kier molecular flexibility index (Phi) is 4.99. The summed E-state index contributed by atoms with van der Waals surface area (Å²) in [5.74, 6) is 0.309. The van der Waals surface area contributed by atoms with E-state index in [1.165, 1.54) is 0 Å². The number of ether oxygens (including phenoxy) is 1. The third kappa shape index (κ3) is 3.66. The molecule has 1 unspecified atom stereocenters. The maximum atomic E-state index is 11.9. The van der Waals surface area contributed by atoms with Crippen LogP contribution in [0.4, 0.5) is 0 Å². The van der Waals surface area contributed by atoms with Crippen LogP contribution >= 0.6 is 0 Å². The second kappa shape index (κ2) is 6.28. The van der Waals surface area contributed by atoms with Gasteiger partial charge >= 0.3 is 0 Å². The molecule has 3 nitrogen and oxygen atoms in total. The molecular formula is C13H19NO2. The summed E-state index contributed by atoms with van der Waals surface area (Å²) in [5, 5.41) is 2.97. The summed E-state index contributed by atoms with van der Waals surface area (Å²) in [7, 11) is 1.64. The van der Waals surface area contributed by atoms with Gasteiger partial charge in [-0.05, 0) is 18.1 Å². The summed E-state index contributed by atoms with van der Waals surface area (Å²) in [6.45, 7) is 4.67. The van der Waals surface area contributed by atoms with Crippen molar-refractivity contribution >= 4 is 5.91 Å². The Morgan fingerprint density at radius 2 is 1.94 bits per heavy atom. The Balaban J connectivity index is 2.62. The molecule has 1 atom stereocenters. The number of rotatable bonds is 5. The predicted molar refractivity (Wildman–Crippen MR) is 64.4 cm³/mol. The van der Waals surface area contributed by atoms with Gasteiger partial charge in [0, 0.05) is 12.7 Å². The molecule has 0 saturated carbocycles. The van der Waals surface area contributed by atoms with E-state index in [2.05, 4.69) is 19.2 Å². The van der Waals surface area contributed by atoms with Crippen molar-refractivity contribution in [2.24, 2.45) is 5.92 Å². The second-order valence-electron chi connectivity index (χ2n) is 4.15. The van der Waals surface area contributed by atoms with Crippen LogP contribution in [0.25, 0.3) is 0 Å². The molecule has 1 amide bonds. The Hall–Kier alpha value is -1.35. The van der Waals surface area contributed by atoms with Crippen molar-refractivity contribution in [2.75, 3.05) is 13.7 Å². The molecule has 0 fully saturated rings. The van der Waals surface area contributed by atoms with E-state index in [1.54, 1.807) is 19.2 Å². The van der Waals surface area contributed by atoms with Gasteiger partial charge in [0.15, 0.2) is 0 Å². The molecule has 0 heterocycles. The van der Waals surface area contributed by atoms with Gasteiger partial charge in [-0.25, -0.2) is 0 Å². The average molecular weight is 221 g/mol. The molecule has 1 N–H and O–H groups in total. The Morgan fingerprint density at radius 1 is 1.31 bits per heavy atom. The van der Waals surface area contributed by atoms with Crippen molar-refractivity contribution in [3.63, 3.8) is 0 Å². The second-order valence-corrected chi connectivity index (χ2v) is 4.15. The molecule has 0 aliphatic heterocycles. The van der Waals surface area contributed by atoms with Crippen molar-refractivity contribution < 1.29 is 9.53 Å². The number of methoxy groups -OCH3 is 1. The molecule has 3 heteroatoms. The molecule has 0 spiro atoms. The van der Waals surface area contributed by atoms with Crippen LogP contribution in [-0.2, 0) is 4.74 Å². The van der Waals surface area contributed by atoms with Crippen molar-refractivity contribution in [1.82, 2.24) is 5.32 Å². The van der Waals surface area contributed by atoms with Gasteiger partial charge in [0.25, 0.3) is 5.91 Å². The first kappa shape index (κ1) is 12.7. The predicted octanol–water partition coefficient (Wildman–Crippen LogP) is 2.09. The first-order chi connectivity index (χ1) is 7.65. The van der Waals surface area contributed by atoms with Crippen molar-refractivity contribution in [3.8, 4) is 0 Å². The Bertz CT molecular complexity index is 322. The summed E-state index contributed by atoms with van der Waals surface area (Å²) < 4.78 is 5.09. The van der Waals surface area contributed by atoms with Crippen LogP contribution in [0.2, 0.25) is 0 Å². The standard InChI is InChI=1S/C13H19NO2/c1-10(2)12(9-16-3)14-13(15)11-7-5-4-6-8-11/h4-8,10,12H,9H2,1-3H3,(H,14,15). The van der Waals surface area contributed by atoms with E-state index in [-0.39, 0.29) is 11.9 Å². The lowest BCUT2D eigenvalue weighted by atomic mass is 10.0. The van der Waals surface area contributed by atoms with Crippen LogP contribution in [0.1, 0.15) is 24.2 Å². The van der Waals surface area contributed by atoms with E-state index >= 15 is 0 Å². The maximum Gasteiger partial charge on any atom is 0.251 e. The lowest BCUT2D eigenvalue weighted by Gasteiger charge is -2.21. The zero-order valence-corrected chi connectivity index (χ0v) is 10.1. The number of amides is 1. The van der Waals surface area contributed by atoms with Gasteiger partial charge < -0.3 is 10.1 Å². The van der Waals surface area contributed by atoms with E-state index in [1.807, 2.05) is 18.2 Å². The van der Waals surface area contributed by atoms with Crippen LogP contribution in [0, 0.1) is 5.92 Å². The molecule has 0 radical (unpaired) electrons. The fourth-order valence-corrected chi connectivity index (χ4v) is 1.42. The minimum atomic E-state index is -0.0450. The van der Waals surface area contributed by atoms with Gasteiger partial charge in [-0.2, -0.15) is 0 Å². The van der Waals surface area contributed by atoms with Crippen molar-refractivity contribution in [3.05, 3.63) is 35.9 Å². The Morgan fingerprint density at radius 3 is 2.44 bits per heavy atom. The van der Waals surface area contributed by atoms with Crippen molar-refractivity contribution in [1.29, 1.82) is 0 Å². The molecule has 0 aromatic heterocycles. The number of hydrogen-bond acceptors (Lipinski definition) is 2. The number of carbonyl (C=O) groups excluding carboxylic acids is 1. The summed E-state index contributed by atoms with van der Waals surface area (Å²) >= 11 is 0. The van der Waals surface area contributed by atoms with Crippen LogP contribution in [-0.4, -0.2) is 25.7 Å². The monoisotopic (exact) mass is 221 g/mol. The molecule has 1 rings (SSSR count). The highest BCUT2D eigenvalue weighted by molar-refractivity contribution is 5.94. The normalized spacial score (nSPS) is 12.5. The molecule has 0 aliphatic rings. The zero-order valence-electron chi connectivity index (χ0n) is 10.1. The lowest BCUT2D eigenvalue weighted by Crippen LogP contribution is -2.41. The van der Waals surface area contributed by atoms with Crippen LogP contribution in [0.3, 0.4) is 0 Å². The van der Waals surface area contributed by atoms with E-state index in [0.717, 1.165) is 0 Å². The summed E-state index contributed by atoms with van der Waals surface area (Å²) in [6.07, 6.45) is 0. The number of benzene rings is 1. The van der Waals surface area contributed by atoms with Crippen LogP contribution in [0.15, 0.2) is 30.3 Å². The molecule has 1 aromatic rings. The quantitative estimate of drug-likeness (QED) is 0.826. The highest BCUT2D eigenvalue weighted by Crippen LogP contribution is 2.05. The summed E-state index contributed by atoms with van der Waals surface area (Å²) in [5.41, 5.74) is 0.684. The van der Waals surface area contributed by atoms with E-state index in [0.29, 0.717) is 18.1 Å². The van der Waals surface area contributed by atoms with Crippen LogP contribution in [0.5, 0.6) is 0 Å². The van der Waals surface area contributed by atoms with Gasteiger partial charge in [-0.1, -0.05) is 32.0 Å². The molecule has 0 bridgehead atoms. The molecule has 88 valence electrons. The smallest absolute Gasteiger partial charge is 0.251 e. The minimum Gasteiger partial charge on any atom is -0.383 e. The van der Waals surface area contributed by atoms with E-state index in [4.69, 9.17) is 4.74 Å². The van der Waals surface area contributed by atoms with Crippen molar-refractivity contribution in [2.45, 2.75) is 19.9 Å². The third-order valence-corrected chi connectivity index (χ3v) is 2.50.